The third-order valence-corrected chi connectivity index (χ3v) is 4.75. The van der Waals surface area contributed by atoms with Gasteiger partial charge in [0.25, 0.3) is 0 Å². The molecule has 0 saturated carbocycles. The summed E-state index contributed by atoms with van der Waals surface area (Å²) in [7, 11) is 0. The Morgan fingerprint density at radius 3 is 1.93 bits per heavy atom. The number of hydrogen-bond acceptors (Lipinski definition) is 6. The maximum atomic E-state index is 10.8. The molecule has 2 aromatic rings. The highest BCUT2D eigenvalue weighted by Gasteiger charge is 2.47. The number of rotatable bonds is 10. The van der Waals surface area contributed by atoms with Crippen LogP contribution in [-0.4, -0.2) is 54.1 Å². The first kappa shape index (κ1) is 21.6. The molecule has 0 unspecified atom stereocenters. The fraction of sp³-hybridized carbons (Fsp3) is 0.391. The monoisotopic (exact) mass is 400 g/mol. The average Bonchev–Trinajstić information content (AvgIpc) is 2.77. The van der Waals surface area contributed by atoms with Gasteiger partial charge in [-0.3, -0.25) is 0 Å². The Hall–Kier alpha value is -2.06. The molecule has 1 saturated heterocycles. The van der Waals surface area contributed by atoms with Crippen LogP contribution in [0.1, 0.15) is 11.1 Å². The van der Waals surface area contributed by atoms with Crippen molar-refractivity contribution >= 4 is 0 Å². The lowest BCUT2D eigenvalue weighted by molar-refractivity contribution is -0.317. The lowest BCUT2D eigenvalue weighted by atomic mass is 9.98. The van der Waals surface area contributed by atoms with Gasteiger partial charge in [-0.2, -0.15) is 0 Å². The van der Waals surface area contributed by atoms with Crippen molar-refractivity contribution in [3.63, 3.8) is 0 Å². The van der Waals surface area contributed by atoms with Crippen LogP contribution in [0.25, 0.3) is 0 Å². The quantitative estimate of drug-likeness (QED) is 0.597. The highest BCUT2D eigenvalue weighted by Crippen LogP contribution is 2.28. The first-order valence-electron chi connectivity index (χ1n) is 9.71. The third-order valence-electron chi connectivity index (χ3n) is 4.75. The summed E-state index contributed by atoms with van der Waals surface area (Å²) in [6.07, 6.45) is -2.51. The van der Waals surface area contributed by atoms with Crippen LogP contribution in [-0.2, 0) is 32.2 Å². The van der Waals surface area contributed by atoms with Crippen molar-refractivity contribution in [1.29, 1.82) is 0 Å². The normalized spacial score (nSPS) is 26.9. The van der Waals surface area contributed by atoms with Crippen LogP contribution < -0.4 is 0 Å². The van der Waals surface area contributed by atoms with Gasteiger partial charge < -0.3 is 29.2 Å². The van der Waals surface area contributed by atoms with Gasteiger partial charge in [-0.1, -0.05) is 66.7 Å². The average molecular weight is 400 g/mol. The van der Waals surface area contributed by atoms with Gasteiger partial charge in [0.05, 0.1) is 26.4 Å². The van der Waals surface area contributed by atoms with E-state index in [0.717, 1.165) is 11.1 Å². The van der Waals surface area contributed by atoms with E-state index in [0.29, 0.717) is 13.2 Å². The van der Waals surface area contributed by atoms with Crippen LogP contribution in [0.5, 0.6) is 0 Å². The molecule has 2 N–H and O–H groups in total. The zero-order valence-corrected chi connectivity index (χ0v) is 16.3. The number of hydrogen-bond donors (Lipinski definition) is 2. The Morgan fingerprint density at radius 2 is 1.41 bits per heavy atom. The maximum Gasteiger partial charge on any atom is 0.187 e. The SMILES string of the molecule is C=CCO[C@@H]1O[C@H](CO)[C@@H](O)[C@H](OCc2ccccc2)[C@H]1OCc1ccccc1. The van der Waals surface area contributed by atoms with E-state index in [1.807, 2.05) is 60.7 Å². The van der Waals surface area contributed by atoms with Gasteiger partial charge in [0.1, 0.15) is 24.4 Å². The summed E-state index contributed by atoms with van der Waals surface area (Å²) in [6, 6.07) is 19.4. The minimum atomic E-state index is -1.06. The fourth-order valence-electron chi connectivity index (χ4n) is 3.24. The van der Waals surface area contributed by atoms with Crippen LogP contribution in [0.4, 0.5) is 0 Å². The van der Waals surface area contributed by atoms with Crippen molar-refractivity contribution in [3.05, 3.63) is 84.4 Å². The van der Waals surface area contributed by atoms with Gasteiger partial charge in [-0.25, -0.2) is 0 Å². The predicted molar refractivity (Wildman–Crippen MR) is 108 cm³/mol. The molecule has 0 aromatic heterocycles. The molecule has 0 bridgehead atoms. The van der Waals surface area contributed by atoms with E-state index in [9.17, 15) is 10.2 Å². The van der Waals surface area contributed by atoms with Crippen LogP contribution in [0.2, 0.25) is 0 Å². The second kappa shape index (κ2) is 11.2. The van der Waals surface area contributed by atoms with Crippen molar-refractivity contribution in [2.75, 3.05) is 13.2 Å². The molecule has 0 amide bonds. The van der Waals surface area contributed by atoms with E-state index >= 15 is 0 Å². The summed E-state index contributed by atoms with van der Waals surface area (Å²) >= 11 is 0. The highest BCUT2D eigenvalue weighted by atomic mass is 16.7. The van der Waals surface area contributed by atoms with Crippen LogP contribution in [0.15, 0.2) is 73.3 Å². The number of benzene rings is 2. The zero-order chi connectivity index (χ0) is 20.5. The summed E-state index contributed by atoms with van der Waals surface area (Å²) in [5.74, 6) is 0. The first-order chi connectivity index (χ1) is 14.2. The van der Waals surface area contributed by atoms with E-state index < -0.39 is 30.7 Å². The Labute approximate surface area is 171 Å². The summed E-state index contributed by atoms with van der Waals surface area (Å²) in [5.41, 5.74) is 1.95. The van der Waals surface area contributed by atoms with E-state index in [4.69, 9.17) is 18.9 Å². The van der Waals surface area contributed by atoms with Gasteiger partial charge in [0.2, 0.25) is 0 Å². The molecular formula is C23H28O6. The molecule has 1 heterocycles. The fourth-order valence-corrected chi connectivity index (χ4v) is 3.24. The molecule has 1 aliphatic rings. The lowest BCUT2D eigenvalue weighted by Crippen LogP contribution is -2.60. The molecule has 1 aliphatic heterocycles. The summed E-state index contributed by atoms with van der Waals surface area (Å²) in [4.78, 5) is 0. The molecule has 0 radical (unpaired) electrons. The zero-order valence-electron chi connectivity index (χ0n) is 16.3. The molecule has 3 rings (SSSR count). The Balaban J connectivity index is 1.77. The Morgan fingerprint density at radius 1 is 0.862 bits per heavy atom. The molecule has 2 aromatic carbocycles. The van der Waals surface area contributed by atoms with Crippen LogP contribution in [0.3, 0.4) is 0 Å². The smallest absolute Gasteiger partial charge is 0.187 e. The van der Waals surface area contributed by atoms with Crippen molar-refractivity contribution in [1.82, 2.24) is 0 Å². The maximum absolute atomic E-state index is 10.8. The molecule has 0 spiro atoms. The van der Waals surface area contributed by atoms with Crippen molar-refractivity contribution in [2.45, 2.75) is 43.9 Å². The minimum absolute atomic E-state index is 0.246. The predicted octanol–water partition coefficient (Wildman–Crippen LogP) is 2.44. The van der Waals surface area contributed by atoms with E-state index in [1.54, 1.807) is 6.08 Å². The molecule has 1 fully saturated rings. The van der Waals surface area contributed by atoms with Gasteiger partial charge in [0, 0.05) is 0 Å². The van der Waals surface area contributed by atoms with Gasteiger partial charge in [0.15, 0.2) is 6.29 Å². The minimum Gasteiger partial charge on any atom is -0.394 e. The molecule has 6 heteroatoms. The third kappa shape index (κ3) is 5.96. The second-order valence-corrected chi connectivity index (χ2v) is 6.86. The molecule has 156 valence electrons. The van der Waals surface area contributed by atoms with Crippen molar-refractivity contribution < 1.29 is 29.2 Å². The van der Waals surface area contributed by atoms with E-state index in [-0.39, 0.29) is 13.2 Å². The Bertz CT molecular complexity index is 723. The highest BCUT2D eigenvalue weighted by molar-refractivity contribution is 5.14. The van der Waals surface area contributed by atoms with Gasteiger partial charge in [-0.05, 0) is 11.1 Å². The standard InChI is InChI=1S/C23H28O6/c1-2-13-26-23-22(28-16-18-11-7-4-8-12-18)21(20(25)19(14-24)29-23)27-15-17-9-5-3-6-10-17/h2-12,19-25H,1,13-16H2/t19-,20-,21+,22-,23-/m1/s1. The second-order valence-electron chi connectivity index (χ2n) is 6.86. The molecule has 29 heavy (non-hydrogen) atoms. The van der Waals surface area contributed by atoms with Crippen molar-refractivity contribution in [3.8, 4) is 0 Å². The lowest BCUT2D eigenvalue weighted by Gasteiger charge is -2.43. The molecule has 5 atom stereocenters. The van der Waals surface area contributed by atoms with Crippen LogP contribution >= 0.6 is 0 Å². The van der Waals surface area contributed by atoms with Gasteiger partial charge >= 0.3 is 0 Å². The summed E-state index contributed by atoms with van der Waals surface area (Å²) in [6.45, 7) is 4.15. The van der Waals surface area contributed by atoms with Crippen LogP contribution in [0, 0.1) is 0 Å². The topological polar surface area (TPSA) is 77.4 Å². The van der Waals surface area contributed by atoms with Gasteiger partial charge in [-0.15, -0.1) is 6.58 Å². The number of aliphatic hydroxyl groups is 2. The molecular weight excluding hydrogens is 372 g/mol. The number of aliphatic hydroxyl groups excluding tert-OH is 2. The largest absolute Gasteiger partial charge is 0.394 e. The van der Waals surface area contributed by atoms with E-state index in [2.05, 4.69) is 6.58 Å². The molecule has 0 aliphatic carbocycles. The van der Waals surface area contributed by atoms with E-state index in [1.165, 1.54) is 0 Å². The Kier molecular flexibility index (Phi) is 8.37. The van der Waals surface area contributed by atoms with Crippen molar-refractivity contribution in [2.24, 2.45) is 0 Å². The first-order valence-corrected chi connectivity index (χ1v) is 9.71. The number of ether oxygens (including phenoxy) is 4. The molecule has 6 nitrogen and oxygen atoms in total. The summed E-state index contributed by atoms with van der Waals surface area (Å²) < 4.78 is 23.6. The summed E-state index contributed by atoms with van der Waals surface area (Å²) in [5, 5.41) is 20.4.